The maximum Gasteiger partial charge on any atom is 0.326 e. The van der Waals surface area contributed by atoms with Gasteiger partial charge in [-0.1, -0.05) is 13.8 Å². The van der Waals surface area contributed by atoms with Crippen LogP contribution in [0.5, 0.6) is 0 Å². The van der Waals surface area contributed by atoms with Crippen LogP contribution in [0.2, 0.25) is 0 Å². The highest BCUT2D eigenvalue weighted by Gasteiger charge is 2.31. The fourth-order valence-electron chi connectivity index (χ4n) is 3.38. The summed E-state index contributed by atoms with van der Waals surface area (Å²) in [6.07, 6.45) is 2.20. The molecule has 0 spiro atoms. The van der Waals surface area contributed by atoms with Gasteiger partial charge in [-0.05, 0) is 44.6 Å². The lowest BCUT2D eigenvalue weighted by molar-refractivity contribution is -0.142. The number of nitrogens with zero attached hydrogens (tertiary/aromatic N) is 1. The second-order valence-corrected chi connectivity index (χ2v) is 8.43. The van der Waals surface area contributed by atoms with E-state index in [9.17, 15) is 29.4 Å². The van der Waals surface area contributed by atoms with E-state index in [1.165, 1.54) is 0 Å². The fourth-order valence-corrected chi connectivity index (χ4v) is 3.38. The highest BCUT2D eigenvalue weighted by Crippen LogP contribution is 2.09. The van der Waals surface area contributed by atoms with Crippen molar-refractivity contribution in [3.8, 4) is 0 Å². The molecule has 1 aliphatic heterocycles. The van der Waals surface area contributed by atoms with Gasteiger partial charge in [-0.25, -0.2) is 4.79 Å². The Morgan fingerprint density at radius 2 is 1.70 bits per heavy atom. The van der Waals surface area contributed by atoms with Gasteiger partial charge in [-0.15, -0.1) is 0 Å². The summed E-state index contributed by atoms with van der Waals surface area (Å²) in [4.78, 5) is 53.0. The number of guanidine groups is 1. The largest absolute Gasteiger partial charge is 0.480 e. The average Bonchev–Trinajstić information content (AvgIpc) is 3.27. The molecule has 1 heterocycles. The van der Waals surface area contributed by atoms with Crippen molar-refractivity contribution < 1.29 is 29.4 Å². The molecular formula is C20H37N7O6. The second kappa shape index (κ2) is 14.3. The SMILES string of the molecule is CC(C)CC(NC(=O)C1CCCN1)C(=O)NC(CO)C(=O)NC(CCCN=C(N)N)C(=O)O. The Kier molecular flexibility index (Phi) is 12.1. The molecule has 0 aliphatic carbocycles. The van der Waals surface area contributed by atoms with Crippen LogP contribution in [-0.2, 0) is 19.2 Å². The van der Waals surface area contributed by atoms with E-state index in [1.807, 2.05) is 13.8 Å². The number of hydrogen-bond acceptors (Lipinski definition) is 7. The maximum absolute atomic E-state index is 12.8. The first-order chi connectivity index (χ1) is 15.5. The van der Waals surface area contributed by atoms with Crippen LogP contribution in [0.1, 0.15) is 46.0 Å². The molecule has 4 unspecified atom stereocenters. The fraction of sp³-hybridized carbons (Fsp3) is 0.750. The van der Waals surface area contributed by atoms with Gasteiger partial charge in [0.25, 0.3) is 0 Å². The molecule has 13 nitrogen and oxygen atoms in total. The summed E-state index contributed by atoms with van der Waals surface area (Å²) in [5, 5.41) is 29.5. The average molecular weight is 472 g/mol. The molecule has 13 heteroatoms. The zero-order valence-corrected chi connectivity index (χ0v) is 19.2. The zero-order valence-electron chi connectivity index (χ0n) is 19.2. The molecule has 4 atom stereocenters. The van der Waals surface area contributed by atoms with Crippen molar-refractivity contribution in [2.45, 2.75) is 70.1 Å². The predicted octanol–water partition coefficient (Wildman–Crippen LogP) is -2.63. The number of amides is 3. The predicted molar refractivity (Wildman–Crippen MR) is 121 cm³/mol. The van der Waals surface area contributed by atoms with E-state index >= 15 is 0 Å². The molecule has 3 amide bonds. The Labute approximate surface area is 193 Å². The van der Waals surface area contributed by atoms with Crippen LogP contribution >= 0.6 is 0 Å². The molecule has 0 radical (unpaired) electrons. The molecule has 1 aliphatic rings. The van der Waals surface area contributed by atoms with Crippen molar-refractivity contribution in [2.24, 2.45) is 22.4 Å². The topological polar surface area (TPSA) is 221 Å². The second-order valence-electron chi connectivity index (χ2n) is 8.43. The van der Waals surface area contributed by atoms with E-state index in [0.717, 1.165) is 13.0 Å². The Hall–Kier alpha value is -2.93. The van der Waals surface area contributed by atoms with Crippen LogP contribution in [0, 0.1) is 5.92 Å². The van der Waals surface area contributed by atoms with Gasteiger partial charge in [0.2, 0.25) is 17.7 Å². The van der Waals surface area contributed by atoms with Crippen molar-refractivity contribution in [2.75, 3.05) is 19.7 Å². The monoisotopic (exact) mass is 471 g/mol. The molecule has 1 saturated heterocycles. The van der Waals surface area contributed by atoms with E-state index < -0.39 is 42.5 Å². The molecule has 0 aromatic heterocycles. The first-order valence-corrected chi connectivity index (χ1v) is 11.1. The number of aliphatic hydroxyl groups excluding tert-OH is 1. The van der Waals surface area contributed by atoms with E-state index in [1.54, 1.807) is 0 Å². The molecule has 188 valence electrons. The molecule has 1 rings (SSSR count). The van der Waals surface area contributed by atoms with Gasteiger partial charge in [0.15, 0.2) is 5.96 Å². The molecule has 1 fully saturated rings. The zero-order chi connectivity index (χ0) is 25.0. The number of carbonyl (C=O) groups excluding carboxylic acids is 3. The van der Waals surface area contributed by atoms with Crippen LogP contribution in [0.3, 0.4) is 0 Å². The third kappa shape index (κ3) is 10.5. The quantitative estimate of drug-likeness (QED) is 0.0752. The number of rotatable bonds is 14. The number of carboxylic acids is 1. The normalized spacial score (nSPS) is 18.1. The van der Waals surface area contributed by atoms with Crippen LogP contribution in [0.15, 0.2) is 4.99 Å². The third-order valence-corrected chi connectivity index (χ3v) is 5.09. The number of aliphatic hydroxyl groups is 1. The first-order valence-electron chi connectivity index (χ1n) is 11.1. The minimum absolute atomic E-state index is 0.0460. The van der Waals surface area contributed by atoms with Crippen LogP contribution < -0.4 is 32.7 Å². The molecule has 0 aromatic rings. The minimum atomic E-state index is -1.38. The smallest absolute Gasteiger partial charge is 0.326 e. The number of aliphatic carboxylic acids is 1. The lowest BCUT2D eigenvalue weighted by atomic mass is 10.0. The van der Waals surface area contributed by atoms with E-state index in [4.69, 9.17) is 11.5 Å². The van der Waals surface area contributed by atoms with Crippen LogP contribution in [0.25, 0.3) is 0 Å². The molecule has 0 aromatic carbocycles. The van der Waals surface area contributed by atoms with Crippen molar-refractivity contribution >= 4 is 29.7 Å². The Bertz CT molecular complexity index is 705. The molecule has 0 saturated carbocycles. The number of nitrogens with one attached hydrogen (secondary N) is 4. The van der Waals surface area contributed by atoms with Crippen LogP contribution in [0.4, 0.5) is 0 Å². The summed E-state index contributed by atoms with van der Waals surface area (Å²) in [6.45, 7) is 3.94. The van der Waals surface area contributed by atoms with Gasteiger partial charge in [-0.3, -0.25) is 19.4 Å². The highest BCUT2D eigenvalue weighted by atomic mass is 16.4. The highest BCUT2D eigenvalue weighted by molar-refractivity contribution is 5.94. The summed E-state index contributed by atoms with van der Waals surface area (Å²) < 4.78 is 0. The number of carboxylic acid groups (broad SMARTS) is 1. The van der Waals surface area contributed by atoms with Crippen molar-refractivity contribution in [1.29, 1.82) is 0 Å². The van der Waals surface area contributed by atoms with Gasteiger partial charge in [0, 0.05) is 6.54 Å². The summed E-state index contributed by atoms with van der Waals surface area (Å²) in [7, 11) is 0. The van der Waals surface area contributed by atoms with Crippen molar-refractivity contribution in [3.63, 3.8) is 0 Å². The first kappa shape index (κ1) is 28.1. The molecule has 33 heavy (non-hydrogen) atoms. The Balaban J connectivity index is 2.74. The van der Waals surface area contributed by atoms with E-state index in [-0.39, 0.29) is 36.8 Å². The van der Waals surface area contributed by atoms with Crippen LogP contribution in [-0.4, -0.2) is 83.7 Å². The van der Waals surface area contributed by atoms with Crippen molar-refractivity contribution in [1.82, 2.24) is 21.3 Å². The summed E-state index contributed by atoms with van der Waals surface area (Å²) in [6, 6.07) is -3.92. The van der Waals surface area contributed by atoms with E-state index in [2.05, 4.69) is 26.3 Å². The number of aliphatic imine (C=N–C) groups is 1. The van der Waals surface area contributed by atoms with Gasteiger partial charge >= 0.3 is 5.97 Å². The Morgan fingerprint density at radius 1 is 1.06 bits per heavy atom. The molecule has 10 N–H and O–H groups in total. The van der Waals surface area contributed by atoms with Gasteiger partial charge in [0.1, 0.15) is 18.1 Å². The summed E-state index contributed by atoms with van der Waals surface area (Å²) >= 11 is 0. The standard InChI is InChI=1S/C20H37N7O6/c1-11(2)9-14(26-16(29)12-5-3-7-23-12)17(30)27-15(10-28)18(31)25-13(19(32)33)6-4-8-24-20(21)22/h11-15,23,28H,3-10H2,1-2H3,(H,25,31)(H,26,29)(H,27,30)(H,32,33)(H4,21,22,24). The Morgan fingerprint density at radius 3 is 2.21 bits per heavy atom. The maximum atomic E-state index is 12.8. The van der Waals surface area contributed by atoms with E-state index in [0.29, 0.717) is 19.3 Å². The number of carbonyl (C=O) groups is 4. The lowest BCUT2D eigenvalue weighted by Crippen LogP contribution is -2.58. The number of hydrogen-bond donors (Lipinski definition) is 8. The summed E-state index contributed by atoms with van der Waals surface area (Å²) in [5.41, 5.74) is 10.4. The summed E-state index contributed by atoms with van der Waals surface area (Å²) in [5.74, 6) is -3.12. The molecular weight excluding hydrogens is 434 g/mol. The third-order valence-electron chi connectivity index (χ3n) is 5.09. The minimum Gasteiger partial charge on any atom is -0.480 e. The van der Waals surface area contributed by atoms with Gasteiger partial charge in [-0.2, -0.15) is 0 Å². The van der Waals surface area contributed by atoms with Gasteiger partial charge in [0.05, 0.1) is 12.6 Å². The number of nitrogens with two attached hydrogens (primary N) is 2. The molecule has 0 bridgehead atoms. The lowest BCUT2D eigenvalue weighted by Gasteiger charge is -2.25. The van der Waals surface area contributed by atoms with Gasteiger partial charge < -0.3 is 42.9 Å². The van der Waals surface area contributed by atoms with Crippen molar-refractivity contribution in [3.05, 3.63) is 0 Å².